The standard InChI is InChI=1S/C20H19N3OS/c1-12-9-13(2)18-16(10-12)23-19(24)17(25-20(23)21-18)11-14-5-7-15(8-6-14)22(3)4/h5-11H,1-4H3/b17-11+. The lowest BCUT2D eigenvalue weighted by molar-refractivity contribution is 1.13. The Labute approximate surface area is 149 Å². The van der Waals surface area contributed by atoms with Crippen molar-refractivity contribution in [3.05, 3.63) is 68.0 Å². The normalized spacial score (nSPS) is 12.4. The first-order valence-electron chi connectivity index (χ1n) is 8.15. The number of nitrogens with zero attached hydrogens (tertiary/aromatic N) is 3. The zero-order chi connectivity index (χ0) is 17.7. The molecule has 0 radical (unpaired) electrons. The van der Waals surface area contributed by atoms with Gasteiger partial charge in [-0.2, -0.15) is 0 Å². The molecule has 126 valence electrons. The van der Waals surface area contributed by atoms with Gasteiger partial charge >= 0.3 is 0 Å². The van der Waals surface area contributed by atoms with Gasteiger partial charge in [-0.3, -0.25) is 4.79 Å². The first-order valence-corrected chi connectivity index (χ1v) is 8.97. The van der Waals surface area contributed by atoms with Crippen LogP contribution < -0.4 is 15.0 Å². The minimum Gasteiger partial charge on any atom is -0.378 e. The van der Waals surface area contributed by atoms with Gasteiger partial charge in [0.15, 0.2) is 4.96 Å². The van der Waals surface area contributed by atoms with Crippen molar-refractivity contribution >= 4 is 39.1 Å². The monoisotopic (exact) mass is 349 g/mol. The molecule has 0 saturated carbocycles. The molecule has 0 aliphatic rings. The van der Waals surface area contributed by atoms with Crippen molar-refractivity contribution in [3.8, 4) is 0 Å². The second kappa shape index (κ2) is 5.70. The Morgan fingerprint density at radius 1 is 1.12 bits per heavy atom. The van der Waals surface area contributed by atoms with E-state index in [0.29, 0.717) is 4.53 Å². The van der Waals surface area contributed by atoms with Gasteiger partial charge in [0.05, 0.1) is 15.6 Å². The van der Waals surface area contributed by atoms with Crippen molar-refractivity contribution in [3.63, 3.8) is 0 Å². The van der Waals surface area contributed by atoms with Gasteiger partial charge in [0, 0.05) is 19.8 Å². The van der Waals surface area contributed by atoms with Gasteiger partial charge in [-0.1, -0.05) is 29.5 Å². The number of hydrogen-bond acceptors (Lipinski definition) is 4. The SMILES string of the molecule is Cc1cc(C)c2nc3s/c(=C/c4ccc(N(C)C)cc4)c(=O)n3c2c1. The van der Waals surface area contributed by atoms with Crippen LogP contribution in [-0.4, -0.2) is 23.5 Å². The number of aryl methyl sites for hydroxylation is 2. The average Bonchev–Trinajstić information content (AvgIpc) is 3.06. The smallest absolute Gasteiger partial charge is 0.274 e. The molecule has 2 aromatic heterocycles. The minimum atomic E-state index is 0.00388. The van der Waals surface area contributed by atoms with Gasteiger partial charge in [0.25, 0.3) is 5.56 Å². The second-order valence-electron chi connectivity index (χ2n) is 6.58. The highest BCUT2D eigenvalue weighted by atomic mass is 32.1. The van der Waals surface area contributed by atoms with Crippen LogP contribution >= 0.6 is 11.3 Å². The lowest BCUT2D eigenvalue weighted by Crippen LogP contribution is -2.22. The number of imidazole rings is 1. The van der Waals surface area contributed by atoms with E-state index in [0.717, 1.165) is 38.4 Å². The molecule has 4 aromatic rings. The molecule has 0 saturated heterocycles. The van der Waals surface area contributed by atoms with Crippen LogP contribution in [0.25, 0.3) is 22.1 Å². The molecule has 0 aliphatic carbocycles. The van der Waals surface area contributed by atoms with E-state index < -0.39 is 0 Å². The van der Waals surface area contributed by atoms with Crippen LogP contribution in [0.2, 0.25) is 0 Å². The molecule has 0 aliphatic heterocycles. The zero-order valence-corrected chi connectivity index (χ0v) is 15.5. The van der Waals surface area contributed by atoms with E-state index in [-0.39, 0.29) is 5.56 Å². The molecule has 2 heterocycles. The number of aromatic nitrogens is 2. The van der Waals surface area contributed by atoms with Crippen molar-refractivity contribution in [1.82, 2.24) is 9.38 Å². The summed E-state index contributed by atoms with van der Waals surface area (Å²) in [6.07, 6.45) is 1.94. The molecule has 0 unspecified atom stereocenters. The van der Waals surface area contributed by atoms with Gasteiger partial charge < -0.3 is 4.90 Å². The summed E-state index contributed by atoms with van der Waals surface area (Å²) in [7, 11) is 4.02. The summed E-state index contributed by atoms with van der Waals surface area (Å²) in [6.45, 7) is 4.08. The van der Waals surface area contributed by atoms with Crippen molar-refractivity contribution in [2.75, 3.05) is 19.0 Å². The summed E-state index contributed by atoms with van der Waals surface area (Å²) in [5, 5.41) is 0. The minimum absolute atomic E-state index is 0.00388. The molecule has 4 nitrogen and oxygen atoms in total. The van der Waals surface area contributed by atoms with Crippen LogP contribution in [0.4, 0.5) is 5.69 Å². The van der Waals surface area contributed by atoms with E-state index in [1.165, 1.54) is 11.3 Å². The Bertz CT molecular complexity index is 1200. The van der Waals surface area contributed by atoms with E-state index >= 15 is 0 Å². The summed E-state index contributed by atoms with van der Waals surface area (Å²) in [5.41, 5.74) is 6.22. The molecule has 5 heteroatoms. The largest absolute Gasteiger partial charge is 0.378 e. The van der Waals surface area contributed by atoms with Gasteiger partial charge in [0.2, 0.25) is 0 Å². The number of fused-ring (bicyclic) bond motifs is 3. The van der Waals surface area contributed by atoms with Crippen LogP contribution in [0.1, 0.15) is 16.7 Å². The van der Waals surface area contributed by atoms with E-state index in [4.69, 9.17) is 0 Å². The van der Waals surface area contributed by atoms with Crippen molar-refractivity contribution in [1.29, 1.82) is 0 Å². The second-order valence-corrected chi connectivity index (χ2v) is 7.59. The molecule has 25 heavy (non-hydrogen) atoms. The predicted octanol–water partition coefficient (Wildman–Crippen LogP) is 3.14. The van der Waals surface area contributed by atoms with Crippen LogP contribution in [0.5, 0.6) is 0 Å². The van der Waals surface area contributed by atoms with Crippen LogP contribution in [-0.2, 0) is 0 Å². The molecular formula is C20H19N3OS. The van der Waals surface area contributed by atoms with Crippen LogP contribution in [0.3, 0.4) is 0 Å². The highest BCUT2D eigenvalue weighted by Crippen LogP contribution is 2.21. The summed E-state index contributed by atoms with van der Waals surface area (Å²) < 4.78 is 2.45. The van der Waals surface area contributed by atoms with Gasteiger partial charge in [-0.05, 0) is 54.8 Å². The number of benzene rings is 2. The number of thiazole rings is 1. The topological polar surface area (TPSA) is 37.6 Å². The van der Waals surface area contributed by atoms with Crippen molar-refractivity contribution < 1.29 is 0 Å². The molecule has 0 amide bonds. The maximum atomic E-state index is 12.9. The summed E-state index contributed by atoms with van der Waals surface area (Å²) in [4.78, 5) is 20.4. The molecule has 0 atom stereocenters. The zero-order valence-electron chi connectivity index (χ0n) is 14.7. The highest BCUT2D eigenvalue weighted by Gasteiger charge is 2.13. The molecule has 2 aromatic carbocycles. The third kappa shape index (κ3) is 2.61. The van der Waals surface area contributed by atoms with Gasteiger partial charge in [0.1, 0.15) is 0 Å². The van der Waals surface area contributed by atoms with Gasteiger partial charge in [-0.15, -0.1) is 0 Å². The van der Waals surface area contributed by atoms with E-state index in [9.17, 15) is 4.79 Å². The number of anilines is 1. The summed E-state index contributed by atoms with van der Waals surface area (Å²) in [6, 6.07) is 12.3. The van der Waals surface area contributed by atoms with E-state index in [1.807, 2.05) is 52.2 Å². The van der Waals surface area contributed by atoms with Crippen molar-refractivity contribution in [2.24, 2.45) is 0 Å². The van der Waals surface area contributed by atoms with Gasteiger partial charge in [-0.25, -0.2) is 9.38 Å². The maximum Gasteiger partial charge on any atom is 0.274 e. The highest BCUT2D eigenvalue weighted by molar-refractivity contribution is 7.15. The lowest BCUT2D eigenvalue weighted by atomic mass is 10.1. The molecular weight excluding hydrogens is 330 g/mol. The van der Waals surface area contributed by atoms with Crippen LogP contribution in [0, 0.1) is 13.8 Å². The predicted molar refractivity (Wildman–Crippen MR) is 106 cm³/mol. The van der Waals surface area contributed by atoms with Crippen molar-refractivity contribution in [2.45, 2.75) is 13.8 Å². The first-order chi connectivity index (χ1) is 11.9. The Balaban J connectivity index is 1.91. The Morgan fingerprint density at radius 2 is 1.84 bits per heavy atom. The molecule has 0 N–H and O–H groups in total. The average molecular weight is 349 g/mol. The third-order valence-electron chi connectivity index (χ3n) is 4.39. The third-order valence-corrected chi connectivity index (χ3v) is 5.36. The number of rotatable bonds is 2. The lowest BCUT2D eigenvalue weighted by Gasteiger charge is -2.11. The van der Waals surface area contributed by atoms with Crippen LogP contribution in [0.15, 0.2) is 41.2 Å². The Kier molecular flexibility index (Phi) is 3.62. The Hall–Kier alpha value is -2.66. The first kappa shape index (κ1) is 15.8. The number of hydrogen-bond donors (Lipinski definition) is 0. The Morgan fingerprint density at radius 3 is 2.52 bits per heavy atom. The fourth-order valence-electron chi connectivity index (χ4n) is 3.13. The van der Waals surface area contributed by atoms with E-state index in [1.54, 1.807) is 4.40 Å². The fourth-order valence-corrected chi connectivity index (χ4v) is 4.11. The fraction of sp³-hybridized carbons (Fsp3) is 0.200. The molecule has 0 spiro atoms. The molecule has 4 rings (SSSR count). The molecule has 0 fully saturated rings. The quantitative estimate of drug-likeness (QED) is 0.558. The summed E-state index contributed by atoms with van der Waals surface area (Å²) in [5.74, 6) is 0. The molecule has 0 bridgehead atoms. The van der Waals surface area contributed by atoms with E-state index in [2.05, 4.69) is 28.1 Å². The summed E-state index contributed by atoms with van der Waals surface area (Å²) >= 11 is 1.44. The maximum absolute atomic E-state index is 12.9.